The van der Waals surface area contributed by atoms with Crippen LogP contribution in [0.25, 0.3) is 45.9 Å². The van der Waals surface area contributed by atoms with E-state index in [2.05, 4.69) is 20.9 Å². The summed E-state index contributed by atoms with van der Waals surface area (Å²) in [5, 5.41) is 0.847. The Labute approximate surface area is 221 Å². The van der Waals surface area contributed by atoms with Crippen LogP contribution in [0.4, 0.5) is 0 Å². The molecule has 0 atom stereocenters. The predicted molar refractivity (Wildman–Crippen MR) is 148 cm³/mol. The molecule has 0 radical (unpaired) electrons. The van der Waals surface area contributed by atoms with Crippen molar-refractivity contribution in [3.63, 3.8) is 0 Å². The monoisotopic (exact) mass is 539 g/mol. The minimum Gasteiger partial charge on any atom is -0.377 e. The number of aromatic nitrogens is 4. The zero-order valence-electron chi connectivity index (χ0n) is 18.4. The van der Waals surface area contributed by atoms with E-state index in [1.54, 1.807) is 6.07 Å². The number of nitrogens with zero attached hydrogens (tertiary/aromatic N) is 4. The first-order chi connectivity index (χ1) is 16.9. The van der Waals surface area contributed by atoms with Gasteiger partial charge in [-0.15, -0.1) is 0 Å². The van der Waals surface area contributed by atoms with E-state index >= 15 is 0 Å². The van der Waals surface area contributed by atoms with Gasteiger partial charge in [-0.05, 0) is 66.4 Å². The number of hydrogen-bond donors (Lipinski definition) is 1. The quantitative estimate of drug-likeness (QED) is 0.267. The molecule has 0 saturated carbocycles. The van der Waals surface area contributed by atoms with Crippen molar-refractivity contribution in [1.29, 1.82) is 0 Å². The summed E-state index contributed by atoms with van der Waals surface area (Å²) < 4.78 is 1.37. The van der Waals surface area contributed by atoms with Crippen LogP contribution in [0.1, 0.15) is 22.8 Å². The van der Waals surface area contributed by atoms with Gasteiger partial charge in [-0.1, -0.05) is 40.9 Å². The number of fused-ring (bicyclic) bond motifs is 8. The van der Waals surface area contributed by atoms with E-state index in [1.165, 1.54) is 4.09 Å². The summed E-state index contributed by atoms with van der Waals surface area (Å²) in [6, 6.07) is 9.71. The molecule has 1 N–H and O–H groups in total. The average Bonchev–Trinajstić information content (AvgIpc) is 3.60. The van der Waals surface area contributed by atoms with Gasteiger partial charge in [-0.3, -0.25) is 0 Å². The van der Waals surface area contributed by atoms with Gasteiger partial charge < -0.3 is 9.88 Å². The lowest BCUT2D eigenvalue weighted by atomic mass is 10.0. The van der Waals surface area contributed by atoms with E-state index < -0.39 is 0 Å². The number of allylic oxidation sites excluding steroid dienone is 3. The van der Waals surface area contributed by atoms with E-state index in [1.807, 2.05) is 61.8 Å². The molecule has 0 aliphatic carbocycles. The molecule has 3 aromatic heterocycles. The van der Waals surface area contributed by atoms with Crippen LogP contribution >= 0.6 is 46.6 Å². The van der Waals surface area contributed by atoms with E-state index in [-0.39, 0.29) is 5.02 Å². The number of rotatable bonds is 1. The minimum atomic E-state index is 0.251. The molecule has 3 aromatic rings. The minimum absolute atomic E-state index is 0.251. The van der Waals surface area contributed by atoms with Crippen LogP contribution < -0.4 is 0 Å². The summed E-state index contributed by atoms with van der Waals surface area (Å²) >= 11 is 27.0. The van der Waals surface area contributed by atoms with Crippen LogP contribution in [0, 0.1) is 0 Å². The molecule has 0 unspecified atom stereocenters. The third-order valence-corrected chi connectivity index (χ3v) is 7.52. The van der Waals surface area contributed by atoms with Crippen LogP contribution in [0.2, 0.25) is 15.1 Å². The van der Waals surface area contributed by atoms with Gasteiger partial charge in [0.15, 0.2) is 0 Å². The molecule has 6 heterocycles. The number of H-pyrrole nitrogens is 1. The Kier molecular flexibility index (Phi) is 5.53. The molecule has 8 bridgehead atoms. The fourth-order valence-electron chi connectivity index (χ4n) is 4.21. The summed E-state index contributed by atoms with van der Waals surface area (Å²) in [6.45, 7) is 0.773. The number of nitrogens with one attached hydrogen (secondary N) is 1. The van der Waals surface area contributed by atoms with Gasteiger partial charge in [-0.25, -0.2) is 14.1 Å². The molecule has 3 aliphatic rings. The Bertz CT molecular complexity index is 1690. The standard InChI is InChI=1S/C26H17Cl4N5/c1-34-8-6-14(7-9-34)20-12-19-11-17-3-2-15(31-17)10-16-4-5-18(32-16)13-21-22(27)23(28)26(35(21)30)24(29)25(20)33-19/h2-8,10-13,31H,9H2,1H3. The zero-order valence-corrected chi connectivity index (χ0v) is 21.4. The molecule has 0 amide bonds. The van der Waals surface area contributed by atoms with Crippen molar-refractivity contribution >= 4 is 92.4 Å². The van der Waals surface area contributed by atoms with Gasteiger partial charge in [0, 0.05) is 42.0 Å². The first kappa shape index (κ1) is 22.5. The first-order valence-corrected chi connectivity index (χ1v) is 12.3. The van der Waals surface area contributed by atoms with Crippen molar-refractivity contribution in [2.24, 2.45) is 0 Å². The maximum atomic E-state index is 6.98. The van der Waals surface area contributed by atoms with Crippen LogP contribution in [-0.2, 0) is 0 Å². The smallest absolute Gasteiger partial charge is 0.0992 e. The Balaban J connectivity index is 1.73. The van der Waals surface area contributed by atoms with Crippen LogP contribution in [0.5, 0.6) is 0 Å². The molecule has 3 aliphatic heterocycles. The van der Waals surface area contributed by atoms with Crippen LogP contribution in [0.3, 0.4) is 0 Å². The van der Waals surface area contributed by atoms with E-state index in [4.69, 9.17) is 51.6 Å². The maximum absolute atomic E-state index is 6.98. The number of halogens is 4. The largest absolute Gasteiger partial charge is 0.377 e. The van der Waals surface area contributed by atoms with Crippen molar-refractivity contribution in [3.05, 3.63) is 92.1 Å². The summed E-state index contributed by atoms with van der Waals surface area (Å²) in [5.41, 5.74) is 7.40. The number of hydrogen-bond acceptors (Lipinski definition) is 3. The summed E-state index contributed by atoms with van der Waals surface area (Å²) in [4.78, 5) is 15.0. The van der Waals surface area contributed by atoms with Gasteiger partial charge in [-0.2, -0.15) is 0 Å². The van der Waals surface area contributed by atoms with E-state index in [0.717, 1.165) is 40.1 Å². The second-order valence-electron chi connectivity index (χ2n) is 8.41. The third-order valence-electron chi connectivity index (χ3n) is 5.96. The summed E-state index contributed by atoms with van der Waals surface area (Å²) in [6.07, 6.45) is 12.0. The lowest BCUT2D eigenvalue weighted by Crippen LogP contribution is -2.13. The zero-order chi connectivity index (χ0) is 24.3. The Morgan fingerprint density at radius 2 is 1.57 bits per heavy atom. The van der Waals surface area contributed by atoms with Crippen molar-refractivity contribution in [3.8, 4) is 0 Å². The fraction of sp³-hybridized carbons (Fsp3) is 0.0769. The lowest BCUT2D eigenvalue weighted by Gasteiger charge is -2.17. The van der Waals surface area contributed by atoms with Crippen LogP contribution in [0.15, 0.2) is 54.3 Å². The molecule has 174 valence electrons. The highest BCUT2D eigenvalue weighted by Crippen LogP contribution is 2.42. The highest BCUT2D eigenvalue weighted by Gasteiger charge is 2.23. The van der Waals surface area contributed by atoms with Crippen molar-refractivity contribution in [1.82, 2.24) is 23.9 Å². The molecular formula is C26H17Cl4N5. The third kappa shape index (κ3) is 3.99. The Morgan fingerprint density at radius 3 is 2.29 bits per heavy atom. The van der Waals surface area contributed by atoms with Crippen molar-refractivity contribution in [2.75, 3.05) is 13.6 Å². The predicted octanol–water partition coefficient (Wildman–Crippen LogP) is 7.85. The summed E-state index contributed by atoms with van der Waals surface area (Å²) in [7, 11) is 2.02. The van der Waals surface area contributed by atoms with Crippen molar-refractivity contribution in [2.45, 2.75) is 0 Å². The van der Waals surface area contributed by atoms with Gasteiger partial charge >= 0.3 is 0 Å². The lowest BCUT2D eigenvalue weighted by molar-refractivity contribution is 0.503. The molecule has 9 heteroatoms. The molecule has 6 rings (SSSR count). The first-order valence-electron chi connectivity index (χ1n) is 10.8. The van der Waals surface area contributed by atoms with Crippen LogP contribution in [-0.4, -0.2) is 37.5 Å². The normalized spacial score (nSPS) is 14.9. The Hall–Kier alpha value is -2.96. The highest BCUT2D eigenvalue weighted by molar-refractivity contribution is 6.50. The second-order valence-corrected chi connectivity index (χ2v) is 9.88. The molecule has 0 fully saturated rings. The van der Waals surface area contributed by atoms with Crippen molar-refractivity contribution < 1.29 is 0 Å². The van der Waals surface area contributed by atoms with Gasteiger partial charge in [0.05, 0.1) is 48.9 Å². The fourth-order valence-corrected chi connectivity index (χ4v) is 5.52. The number of likely N-dealkylation sites (N-methyl/N-ethyl adjacent to an activating group) is 1. The molecule has 0 spiro atoms. The molecule has 5 nitrogen and oxygen atoms in total. The second kappa shape index (κ2) is 8.61. The molecular weight excluding hydrogens is 524 g/mol. The van der Waals surface area contributed by atoms with Gasteiger partial charge in [0.1, 0.15) is 0 Å². The topological polar surface area (TPSA) is 49.7 Å². The average molecular weight is 541 g/mol. The van der Waals surface area contributed by atoms with Gasteiger partial charge in [0.25, 0.3) is 0 Å². The molecule has 0 saturated heterocycles. The summed E-state index contributed by atoms with van der Waals surface area (Å²) in [5.74, 6) is 0. The van der Waals surface area contributed by atoms with E-state index in [0.29, 0.717) is 32.5 Å². The molecule has 0 aromatic carbocycles. The van der Waals surface area contributed by atoms with E-state index in [9.17, 15) is 0 Å². The molecule has 35 heavy (non-hydrogen) atoms. The highest BCUT2D eigenvalue weighted by atomic mass is 35.5. The number of aromatic amines is 1. The maximum Gasteiger partial charge on any atom is 0.0992 e. The SMILES string of the molecule is CN1C=CC(C2=Cc3cc4ccc(cc5nc(cc6c(Cl)c(Cl)c(c(Cl)c2n3)n6Cl)C=C5)[nH]4)=CC1. The van der Waals surface area contributed by atoms with Gasteiger partial charge in [0.2, 0.25) is 0 Å². The Morgan fingerprint density at radius 1 is 0.857 bits per heavy atom.